The molecule has 3 aromatic rings. The van der Waals surface area contributed by atoms with Crippen LogP contribution in [0, 0.1) is 0 Å². The molecule has 0 atom stereocenters. The molecule has 0 bridgehead atoms. The van der Waals surface area contributed by atoms with E-state index >= 15 is 0 Å². The number of halogens is 2. The van der Waals surface area contributed by atoms with E-state index in [1.54, 1.807) is 18.3 Å². The third-order valence-corrected chi connectivity index (χ3v) is 7.67. The number of aromatic nitrogens is 3. The van der Waals surface area contributed by atoms with Crippen molar-refractivity contribution in [2.45, 2.75) is 51.9 Å². The average molecular weight is 599 g/mol. The van der Waals surface area contributed by atoms with Crippen LogP contribution in [0.25, 0.3) is 0 Å². The molecule has 2 aliphatic heterocycles. The van der Waals surface area contributed by atoms with Crippen LogP contribution < -0.4 is 24.7 Å². The number of hydrazone groups is 1. The first-order valence-electron chi connectivity index (χ1n) is 14.2. The molecule has 1 aromatic heterocycles. The number of hydrogen-bond acceptors (Lipinski definition) is 9. The zero-order valence-electron chi connectivity index (χ0n) is 23.9. The molecule has 0 spiro atoms. The van der Waals surface area contributed by atoms with Gasteiger partial charge >= 0.3 is 0 Å². The summed E-state index contributed by atoms with van der Waals surface area (Å²) in [6.07, 6.45) is 6.20. The van der Waals surface area contributed by atoms with E-state index in [9.17, 15) is 0 Å². The fraction of sp³-hybridized carbons (Fsp3) is 0.467. The standard InChI is InChI=1S/C30H37Cl2N7O2/c1-30(2,3)22-8-10-23(11-9-22)40-16-17-41-26-24(31)18-21(19-25(26)32)20-33-37-27-34-28(38-12-4-5-13-38)36-29(35-27)39-14-6-7-15-39/h8-11,18-20H,4-7,12-17H2,1-3H3,(H,34,35,36,37). The predicted octanol–water partition coefficient (Wildman–Crippen LogP) is 6.58. The second-order valence-electron chi connectivity index (χ2n) is 11.3. The van der Waals surface area contributed by atoms with E-state index in [2.05, 4.69) is 63.2 Å². The monoisotopic (exact) mass is 597 g/mol. The highest BCUT2D eigenvalue weighted by Crippen LogP contribution is 2.34. The molecule has 2 aromatic carbocycles. The molecular weight excluding hydrogens is 561 g/mol. The van der Waals surface area contributed by atoms with Crippen LogP contribution in [0.2, 0.25) is 10.0 Å². The number of ether oxygens (including phenoxy) is 2. The lowest BCUT2D eigenvalue weighted by Gasteiger charge is -2.20. The minimum absolute atomic E-state index is 0.0998. The normalized spacial score (nSPS) is 15.6. The molecule has 2 aliphatic rings. The fourth-order valence-electron chi connectivity index (χ4n) is 4.83. The van der Waals surface area contributed by atoms with Gasteiger partial charge in [-0.05, 0) is 66.5 Å². The summed E-state index contributed by atoms with van der Waals surface area (Å²) >= 11 is 13.0. The van der Waals surface area contributed by atoms with Crippen molar-refractivity contribution < 1.29 is 9.47 Å². The Kier molecular flexibility index (Phi) is 9.35. The Bertz CT molecular complexity index is 1290. The third kappa shape index (κ3) is 7.71. The van der Waals surface area contributed by atoms with Gasteiger partial charge in [0.05, 0.1) is 16.3 Å². The van der Waals surface area contributed by atoms with E-state index in [1.807, 2.05) is 12.1 Å². The Morgan fingerprint density at radius 1 is 0.829 bits per heavy atom. The highest BCUT2D eigenvalue weighted by atomic mass is 35.5. The molecule has 41 heavy (non-hydrogen) atoms. The molecule has 0 saturated carbocycles. The zero-order valence-corrected chi connectivity index (χ0v) is 25.4. The highest BCUT2D eigenvalue weighted by Gasteiger charge is 2.21. The summed E-state index contributed by atoms with van der Waals surface area (Å²) in [4.78, 5) is 18.4. The van der Waals surface area contributed by atoms with E-state index < -0.39 is 0 Å². The number of rotatable bonds is 10. The van der Waals surface area contributed by atoms with Gasteiger partial charge in [-0.1, -0.05) is 56.1 Å². The van der Waals surface area contributed by atoms with Gasteiger partial charge in [-0.15, -0.1) is 0 Å². The van der Waals surface area contributed by atoms with Crippen LogP contribution in [-0.2, 0) is 5.41 Å². The maximum Gasteiger partial charge on any atom is 0.250 e. The molecule has 0 aliphatic carbocycles. The van der Waals surface area contributed by atoms with Crippen LogP contribution in [0.3, 0.4) is 0 Å². The van der Waals surface area contributed by atoms with E-state index in [1.165, 1.54) is 5.56 Å². The van der Waals surface area contributed by atoms with Crippen molar-refractivity contribution in [1.82, 2.24) is 15.0 Å². The quantitative estimate of drug-likeness (QED) is 0.159. The lowest BCUT2D eigenvalue weighted by molar-refractivity contribution is 0.217. The second-order valence-corrected chi connectivity index (χ2v) is 12.1. The molecule has 0 radical (unpaired) electrons. The van der Waals surface area contributed by atoms with Crippen molar-refractivity contribution in [3.05, 3.63) is 57.6 Å². The molecular formula is C30H37Cl2N7O2. The van der Waals surface area contributed by atoms with Crippen molar-refractivity contribution in [2.24, 2.45) is 5.10 Å². The molecule has 11 heteroatoms. The molecule has 9 nitrogen and oxygen atoms in total. The van der Waals surface area contributed by atoms with E-state index in [0.717, 1.165) is 57.6 Å². The largest absolute Gasteiger partial charge is 0.490 e. The molecule has 1 N–H and O–H groups in total. The smallest absolute Gasteiger partial charge is 0.250 e. The molecule has 2 saturated heterocycles. The lowest BCUT2D eigenvalue weighted by Crippen LogP contribution is -2.25. The Morgan fingerprint density at radius 3 is 1.90 bits per heavy atom. The van der Waals surface area contributed by atoms with Crippen molar-refractivity contribution in [3.8, 4) is 11.5 Å². The van der Waals surface area contributed by atoms with Crippen LogP contribution in [0.5, 0.6) is 11.5 Å². The topological polar surface area (TPSA) is 88.0 Å². The molecule has 5 rings (SSSR count). The van der Waals surface area contributed by atoms with Gasteiger partial charge in [-0.3, -0.25) is 0 Å². The summed E-state index contributed by atoms with van der Waals surface area (Å²) in [6, 6.07) is 11.6. The molecule has 0 amide bonds. The van der Waals surface area contributed by atoms with Crippen LogP contribution in [0.4, 0.5) is 17.8 Å². The van der Waals surface area contributed by atoms with Crippen LogP contribution in [0.15, 0.2) is 41.5 Å². The first-order chi connectivity index (χ1) is 19.8. The van der Waals surface area contributed by atoms with Gasteiger partial charge in [-0.25, -0.2) is 5.43 Å². The zero-order chi connectivity index (χ0) is 28.8. The van der Waals surface area contributed by atoms with Gasteiger partial charge in [0, 0.05) is 26.2 Å². The number of anilines is 3. The van der Waals surface area contributed by atoms with Gasteiger partial charge in [0.1, 0.15) is 19.0 Å². The van der Waals surface area contributed by atoms with Crippen molar-refractivity contribution >= 4 is 47.3 Å². The first kappa shape index (κ1) is 29.2. The van der Waals surface area contributed by atoms with E-state index in [0.29, 0.717) is 52.4 Å². The number of nitrogens with one attached hydrogen (secondary N) is 1. The number of hydrogen-bond donors (Lipinski definition) is 1. The van der Waals surface area contributed by atoms with Gasteiger partial charge in [0.25, 0.3) is 0 Å². The van der Waals surface area contributed by atoms with Gasteiger partial charge in [0.2, 0.25) is 17.8 Å². The summed E-state index contributed by atoms with van der Waals surface area (Å²) in [7, 11) is 0. The van der Waals surface area contributed by atoms with Crippen LogP contribution in [0.1, 0.15) is 57.6 Å². The van der Waals surface area contributed by atoms with Gasteiger partial charge in [0.15, 0.2) is 5.75 Å². The average Bonchev–Trinajstić information content (AvgIpc) is 3.67. The second kappa shape index (κ2) is 13.1. The predicted molar refractivity (Wildman–Crippen MR) is 167 cm³/mol. The minimum Gasteiger partial charge on any atom is -0.490 e. The summed E-state index contributed by atoms with van der Waals surface area (Å²) in [6.45, 7) is 11.0. The van der Waals surface area contributed by atoms with Crippen molar-refractivity contribution in [2.75, 3.05) is 54.6 Å². The van der Waals surface area contributed by atoms with Crippen molar-refractivity contribution in [1.29, 1.82) is 0 Å². The summed E-state index contributed by atoms with van der Waals surface area (Å²) < 4.78 is 11.6. The molecule has 218 valence electrons. The summed E-state index contributed by atoms with van der Waals surface area (Å²) in [5.41, 5.74) is 5.03. The Balaban J connectivity index is 1.18. The Morgan fingerprint density at radius 2 is 1.37 bits per heavy atom. The number of nitrogens with zero attached hydrogens (tertiary/aromatic N) is 6. The SMILES string of the molecule is CC(C)(C)c1ccc(OCCOc2c(Cl)cc(C=NNc3nc(N4CCCC4)nc(N4CCCC4)n3)cc2Cl)cc1. The first-order valence-corrected chi connectivity index (χ1v) is 14.9. The number of benzene rings is 2. The van der Waals surface area contributed by atoms with Crippen LogP contribution in [-0.4, -0.2) is 60.6 Å². The van der Waals surface area contributed by atoms with Crippen molar-refractivity contribution in [3.63, 3.8) is 0 Å². The van der Waals surface area contributed by atoms with Crippen LogP contribution >= 0.6 is 23.2 Å². The molecule has 0 unspecified atom stereocenters. The maximum absolute atomic E-state index is 6.50. The molecule has 3 heterocycles. The highest BCUT2D eigenvalue weighted by molar-refractivity contribution is 6.37. The summed E-state index contributed by atoms with van der Waals surface area (Å²) in [5, 5.41) is 5.13. The molecule has 2 fully saturated rings. The maximum atomic E-state index is 6.50. The summed E-state index contributed by atoms with van der Waals surface area (Å²) in [5.74, 6) is 2.99. The van der Waals surface area contributed by atoms with E-state index in [-0.39, 0.29) is 5.41 Å². The lowest BCUT2D eigenvalue weighted by atomic mass is 9.87. The van der Waals surface area contributed by atoms with Gasteiger partial charge < -0.3 is 19.3 Å². The minimum atomic E-state index is 0.0998. The Hall–Kier alpha value is -3.30. The Labute approximate surface area is 251 Å². The van der Waals surface area contributed by atoms with Gasteiger partial charge in [-0.2, -0.15) is 20.1 Å². The fourth-order valence-corrected chi connectivity index (χ4v) is 5.44. The van der Waals surface area contributed by atoms with E-state index in [4.69, 9.17) is 37.7 Å². The third-order valence-electron chi connectivity index (χ3n) is 7.11.